The van der Waals surface area contributed by atoms with Crippen LogP contribution in [0, 0.1) is 12.7 Å². The quantitative estimate of drug-likeness (QED) is 0.302. The Morgan fingerprint density at radius 2 is 1.95 bits per heavy atom. The Bertz CT molecular complexity index is 1360. The number of halogens is 4. The Balaban J connectivity index is 1.57. The Hall–Kier alpha value is -3.76. The maximum absolute atomic E-state index is 15.1. The highest BCUT2D eigenvalue weighted by molar-refractivity contribution is 6.07. The summed E-state index contributed by atoms with van der Waals surface area (Å²) in [5.74, 6) is -1.74. The van der Waals surface area contributed by atoms with Gasteiger partial charge in [0.15, 0.2) is 5.78 Å². The zero-order valence-electron chi connectivity index (χ0n) is 21.2. The van der Waals surface area contributed by atoms with E-state index in [2.05, 4.69) is 21.8 Å². The summed E-state index contributed by atoms with van der Waals surface area (Å²) in [4.78, 5) is 31.5. The van der Waals surface area contributed by atoms with E-state index >= 15 is 4.39 Å². The van der Waals surface area contributed by atoms with Gasteiger partial charge in [-0.3, -0.25) is 14.7 Å². The van der Waals surface area contributed by atoms with Crippen LogP contribution in [0.5, 0.6) is 5.88 Å². The van der Waals surface area contributed by atoms with E-state index in [1.54, 1.807) is 31.3 Å². The summed E-state index contributed by atoms with van der Waals surface area (Å²) in [5, 5.41) is 6.70. The molecule has 38 heavy (non-hydrogen) atoms. The SMILES string of the molecule is C=C(CC(=O)N(CC(F)(F)F)C(C)C)C(=O)C1(c2c(C)cccc2F)CC(Oc2ccc3[nH]ncc3n2)C1. The molecule has 0 bridgehead atoms. The molecule has 0 aliphatic heterocycles. The van der Waals surface area contributed by atoms with E-state index in [-0.39, 0.29) is 24.0 Å². The number of carbonyl (C=O) groups is 2. The van der Waals surface area contributed by atoms with Crippen molar-refractivity contribution in [3.8, 4) is 5.88 Å². The first-order valence-corrected chi connectivity index (χ1v) is 12.1. The van der Waals surface area contributed by atoms with Gasteiger partial charge in [0.05, 0.1) is 23.5 Å². The second-order valence-electron chi connectivity index (χ2n) is 9.95. The first-order valence-electron chi connectivity index (χ1n) is 12.1. The van der Waals surface area contributed by atoms with E-state index in [1.807, 2.05) is 0 Å². The smallest absolute Gasteiger partial charge is 0.406 e. The minimum absolute atomic E-state index is 0.0857. The molecule has 3 aromatic rings. The zero-order chi connectivity index (χ0) is 27.8. The molecule has 4 rings (SSSR count). The number of Topliss-reactive ketones (excluding diaryl/α,β-unsaturated/α-hetero) is 1. The third-order valence-electron chi connectivity index (χ3n) is 6.82. The number of fused-ring (bicyclic) bond motifs is 1. The number of alkyl halides is 3. The van der Waals surface area contributed by atoms with Crippen molar-refractivity contribution in [3.05, 3.63) is 65.6 Å². The van der Waals surface area contributed by atoms with E-state index < -0.39 is 54.2 Å². The summed E-state index contributed by atoms with van der Waals surface area (Å²) >= 11 is 0. The first kappa shape index (κ1) is 27.3. The predicted octanol–water partition coefficient (Wildman–Crippen LogP) is 5.20. The van der Waals surface area contributed by atoms with Gasteiger partial charge in [0.2, 0.25) is 11.8 Å². The van der Waals surface area contributed by atoms with E-state index in [4.69, 9.17) is 4.74 Å². The number of ether oxygens (including phenoxy) is 1. The van der Waals surface area contributed by atoms with Crippen molar-refractivity contribution < 1.29 is 31.9 Å². The summed E-state index contributed by atoms with van der Waals surface area (Å²) in [6.45, 7) is 6.89. The lowest BCUT2D eigenvalue weighted by Crippen LogP contribution is -2.54. The largest absolute Gasteiger partial charge is 0.474 e. The van der Waals surface area contributed by atoms with Gasteiger partial charge in [-0.05, 0) is 44.0 Å². The molecule has 1 amide bonds. The third-order valence-corrected chi connectivity index (χ3v) is 6.82. The van der Waals surface area contributed by atoms with Gasteiger partial charge in [-0.2, -0.15) is 18.3 Å². The fourth-order valence-electron chi connectivity index (χ4n) is 5.05. The molecule has 7 nitrogen and oxygen atoms in total. The monoisotopic (exact) mass is 532 g/mol. The molecule has 2 heterocycles. The predicted molar refractivity (Wildman–Crippen MR) is 132 cm³/mol. The molecule has 1 N–H and O–H groups in total. The molecule has 11 heteroatoms. The number of benzene rings is 1. The molecule has 0 atom stereocenters. The summed E-state index contributed by atoms with van der Waals surface area (Å²) in [6.07, 6.45) is -3.98. The van der Waals surface area contributed by atoms with Gasteiger partial charge in [-0.1, -0.05) is 18.7 Å². The number of hydrogen-bond acceptors (Lipinski definition) is 5. The number of carbonyl (C=O) groups excluding carboxylic acids is 2. The van der Waals surface area contributed by atoms with Gasteiger partial charge in [0, 0.05) is 30.5 Å². The van der Waals surface area contributed by atoms with Crippen molar-refractivity contribution in [3.63, 3.8) is 0 Å². The van der Waals surface area contributed by atoms with Crippen molar-refractivity contribution in [1.82, 2.24) is 20.1 Å². The molecule has 0 spiro atoms. The number of amides is 1. The molecular formula is C27H28F4N4O3. The van der Waals surface area contributed by atoms with Crippen LogP contribution in [-0.4, -0.2) is 56.6 Å². The van der Waals surface area contributed by atoms with Crippen LogP contribution in [0.2, 0.25) is 0 Å². The Labute approximate surface area is 216 Å². The van der Waals surface area contributed by atoms with Crippen LogP contribution >= 0.6 is 0 Å². The lowest BCUT2D eigenvalue weighted by Gasteiger charge is -2.47. The van der Waals surface area contributed by atoms with Crippen molar-refractivity contribution in [2.75, 3.05) is 6.54 Å². The first-order chi connectivity index (χ1) is 17.8. The van der Waals surface area contributed by atoms with Crippen molar-refractivity contribution in [2.45, 2.75) is 63.8 Å². The molecule has 1 aromatic carbocycles. The highest BCUT2D eigenvalue weighted by atomic mass is 19.4. The summed E-state index contributed by atoms with van der Waals surface area (Å²) in [5.41, 5.74) is 0.474. The maximum atomic E-state index is 15.1. The summed E-state index contributed by atoms with van der Waals surface area (Å²) in [7, 11) is 0. The van der Waals surface area contributed by atoms with Crippen LogP contribution in [0.1, 0.15) is 44.2 Å². The topological polar surface area (TPSA) is 88.2 Å². The fourth-order valence-corrected chi connectivity index (χ4v) is 5.05. The molecule has 1 saturated carbocycles. The van der Waals surface area contributed by atoms with Gasteiger partial charge in [-0.25, -0.2) is 9.37 Å². The van der Waals surface area contributed by atoms with Crippen molar-refractivity contribution in [2.24, 2.45) is 0 Å². The number of nitrogens with one attached hydrogen (secondary N) is 1. The van der Waals surface area contributed by atoms with Crippen LogP contribution in [0.15, 0.2) is 48.7 Å². The molecule has 0 unspecified atom stereocenters. The molecule has 2 aromatic heterocycles. The number of aromatic amines is 1. The van der Waals surface area contributed by atoms with Gasteiger partial charge < -0.3 is 9.64 Å². The molecule has 202 valence electrons. The van der Waals surface area contributed by atoms with Crippen LogP contribution in [0.4, 0.5) is 17.6 Å². The normalized spacial score (nSPS) is 19.3. The second-order valence-corrected chi connectivity index (χ2v) is 9.95. The number of hydrogen-bond donors (Lipinski definition) is 1. The fraction of sp³-hybridized carbons (Fsp3) is 0.407. The maximum Gasteiger partial charge on any atom is 0.406 e. The number of pyridine rings is 1. The number of aryl methyl sites for hydroxylation is 1. The molecule has 1 aliphatic carbocycles. The Kier molecular flexibility index (Phi) is 7.31. The van der Waals surface area contributed by atoms with Crippen LogP contribution in [0.3, 0.4) is 0 Å². The number of ketones is 1. The van der Waals surface area contributed by atoms with Crippen molar-refractivity contribution in [1.29, 1.82) is 0 Å². The Morgan fingerprint density at radius 3 is 2.58 bits per heavy atom. The average molecular weight is 533 g/mol. The zero-order valence-corrected chi connectivity index (χ0v) is 21.2. The molecule has 1 fully saturated rings. The molecular weight excluding hydrogens is 504 g/mol. The number of rotatable bonds is 9. The van der Waals surface area contributed by atoms with E-state index in [1.165, 1.54) is 26.0 Å². The van der Waals surface area contributed by atoms with Crippen LogP contribution in [0.25, 0.3) is 11.0 Å². The summed E-state index contributed by atoms with van der Waals surface area (Å²) < 4.78 is 60.2. The van der Waals surface area contributed by atoms with Gasteiger partial charge in [0.1, 0.15) is 24.0 Å². The van der Waals surface area contributed by atoms with Gasteiger partial charge >= 0.3 is 6.18 Å². The minimum Gasteiger partial charge on any atom is -0.474 e. The molecule has 0 radical (unpaired) electrons. The number of aromatic nitrogens is 3. The average Bonchev–Trinajstić information content (AvgIpc) is 3.27. The molecule has 0 saturated heterocycles. The Morgan fingerprint density at radius 1 is 1.24 bits per heavy atom. The highest BCUT2D eigenvalue weighted by Gasteiger charge is 2.55. The van der Waals surface area contributed by atoms with Crippen LogP contribution < -0.4 is 4.74 Å². The number of nitrogens with zero attached hydrogens (tertiary/aromatic N) is 3. The highest BCUT2D eigenvalue weighted by Crippen LogP contribution is 2.49. The standard InChI is InChI=1S/C27H28F4N4O3/c1-15(2)35(14-27(29,30)31)23(36)10-17(4)25(37)26(24-16(3)6-5-7-19(24)28)11-18(12-26)38-22-9-8-20-21(33-22)13-32-34-20/h5-9,13,15,18H,4,10-12,14H2,1-3H3,(H,32,34). The van der Waals surface area contributed by atoms with E-state index in [0.29, 0.717) is 21.9 Å². The van der Waals surface area contributed by atoms with Gasteiger partial charge in [0.25, 0.3) is 0 Å². The lowest BCUT2D eigenvalue weighted by atomic mass is 9.58. The van der Waals surface area contributed by atoms with E-state index in [0.717, 1.165) is 5.52 Å². The second kappa shape index (κ2) is 10.2. The van der Waals surface area contributed by atoms with Crippen molar-refractivity contribution >= 4 is 22.7 Å². The third kappa shape index (κ3) is 5.41. The number of H-pyrrole nitrogens is 1. The van der Waals surface area contributed by atoms with Gasteiger partial charge in [-0.15, -0.1) is 0 Å². The summed E-state index contributed by atoms with van der Waals surface area (Å²) in [6, 6.07) is 7.11. The molecule has 1 aliphatic rings. The lowest BCUT2D eigenvalue weighted by molar-refractivity contribution is -0.164. The van der Waals surface area contributed by atoms with E-state index in [9.17, 15) is 22.8 Å². The van der Waals surface area contributed by atoms with Crippen LogP contribution in [-0.2, 0) is 15.0 Å². The minimum atomic E-state index is -4.59.